The Labute approximate surface area is 90.5 Å². The maximum absolute atomic E-state index is 11.9. The Hall–Kier alpha value is 0.200. The molecule has 5 heteroatoms. The first-order chi connectivity index (χ1) is 6.63. The molecule has 0 N–H and O–H groups in total. The summed E-state index contributed by atoms with van der Waals surface area (Å²) in [6.07, 6.45) is 4.19. The van der Waals surface area contributed by atoms with Crippen molar-refractivity contribution in [1.29, 1.82) is 0 Å². The largest absolute Gasteiger partial charge is 0.214 e. The minimum absolute atomic E-state index is 0.262. The van der Waals surface area contributed by atoms with Crippen molar-refractivity contribution in [2.45, 2.75) is 31.7 Å². The lowest BCUT2D eigenvalue weighted by Gasteiger charge is -2.20. The first-order valence-electron chi connectivity index (χ1n) is 5.19. The van der Waals surface area contributed by atoms with Crippen LogP contribution < -0.4 is 0 Å². The van der Waals surface area contributed by atoms with Gasteiger partial charge in [0.1, 0.15) is 0 Å². The third kappa shape index (κ3) is 2.61. The van der Waals surface area contributed by atoms with Gasteiger partial charge in [-0.3, -0.25) is 0 Å². The lowest BCUT2D eigenvalue weighted by Crippen LogP contribution is -2.36. The molecule has 0 aromatic carbocycles. The summed E-state index contributed by atoms with van der Waals surface area (Å²) < 4.78 is 25.5. The molecule has 0 spiro atoms. The van der Waals surface area contributed by atoms with E-state index in [1.54, 1.807) is 4.31 Å². The summed E-state index contributed by atoms with van der Waals surface area (Å²) in [6.45, 7) is 0.487. The van der Waals surface area contributed by atoms with E-state index in [0.717, 1.165) is 25.7 Å². The molecule has 0 bridgehead atoms. The molecule has 0 atom stereocenters. The molecule has 2 aliphatic rings. The SMILES string of the molecule is O=S(=O)(CC1CC1)N(CCCl)C1CC1. The molecular formula is C9H16ClNO2S. The summed E-state index contributed by atoms with van der Waals surface area (Å²) >= 11 is 5.62. The highest BCUT2D eigenvalue weighted by Crippen LogP contribution is 2.34. The molecule has 2 rings (SSSR count). The van der Waals surface area contributed by atoms with Crippen molar-refractivity contribution in [1.82, 2.24) is 4.31 Å². The van der Waals surface area contributed by atoms with E-state index in [4.69, 9.17) is 11.6 Å². The van der Waals surface area contributed by atoms with Gasteiger partial charge >= 0.3 is 0 Å². The number of sulfonamides is 1. The molecule has 0 radical (unpaired) electrons. The van der Waals surface area contributed by atoms with Gasteiger partial charge in [-0.1, -0.05) is 0 Å². The second kappa shape index (κ2) is 3.99. The minimum atomic E-state index is -3.01. The second-order valence-electron chi connectivity index (χ2n) is 4.25. The van der Waals surface area contributed by atoms with Crippen LogP contribution >= 0.6 is 11.6 Å². The predicted molar refractivity (Wildman–Crippen MR) is 57.0 cm³/mol. The number of rotatable bonds is 6. The van der Waals surface area contributed by atoms with Gasteiger partial charge in [-0.25, -0.2) is 8.42 Å². The highest BCUT2D eigenvalue weighted by molar-refractivity contribution is 7.89. The number of nitrogens with zero attached hydrogens (tertiary/aromatic N) is 1. The molecule has 0 aromatic rings. The van der Waals surface area contributed by atoms with E-state index in [0.29, 0.717) is 24.1 Å². The summed E-state index contributed by atoms with van der Waals surface area (Å²) in [6, 6.07) is 0.262. The van der Waals surface area contributed by atoms with Crippen molar-refractivity contribution < 1.29 is 8.42 Å². The summed E-state index contributed by atoms with van der Waals surface area (Å²) in [4.78, 5) is 0. The van der Waals surface area contributed by atoms with E-state index in [1.165, 1.54) is 0 Å². The molecule has 0 saturated heterocycles. The van der Waals surface area contributed by atoms with E-state index in [2.05, 4.69) is 0 Å². The fourth-order valence-electron chi connectivity index (χ4n) is 1.67. The zero-order valence-corrected chi connectivity index (χ0v) is 9.73. The van der Waals surface area contributed by atoms with Crippen LogP contribution in [0.3, 0.4) is 0 Å². The monoisotopic (exact) mass is 237 g/mol. The quantitative estimate of drug-likeness (QED) is 0.656. The number of hydrogen-bond donors (Lipinski definition) is 0. The van der Waals surface area contributed by atoms with Gasteiger partial charge in [0, 0.05) is 18.5 Å². The second-order valence-corrected chi connectivity index (χ2v) is 6.60. The van der Waals surface area contributed by atoms with Crippen molar-refractivity contribution in [2.24, 2.45) is 5.92 Å². The highest BCUT2D eigenvalue weighted by atomic mass is 35.5. The molecule has 0 heterocycles. The van der Waals surface area contributed by atoms with Gasteiger partial charge in [-0.15, -0.1) is 11.6 Å². The normalized spacial score (nSPS) is 23.0. The van der Waals surface area contributed by atoms with Gasteiger partial charge in [0.15, 0.2) is 0 Å². The van der Waals surface area contributed by atoms with Gasteiger partial charge in [-0.2, -0.15) is 4.31 Å². The van der Waals surface area contributed by atoms with Gasteiger partial charge in [-0.05, 0) is 31.6 Å². The van der Waals surface area contributed by atoms with Gasteiger partial charge in [0.25, 0.3) is 0 Å². The van der Waals surface area contributed by atoms with Crippen LogP contribution in [0.5, 0.6) is 0 Å². The van der Waals surface area contributed by atoms with Crippen LogP contribution in [-0.4, -0.2) is 36.9 Å². The fourth-order valence-corrected chi connectivity index (χ4v) is 4.11. The van der Waals surface area contributed by atoms with E-state index in [1.807, 2.05) is 0 Å². The van der Waals surface area contributed by atoms with Crippen molar-refractivity contribution in [3.8, 4) is 0 Å². The fraction of sp³-hybridized carbons (Fsp3) is 1.00. The zero-order valence-electron chi connectivity index (χ0n) is 8.15. The summed E-state index contributed by atoms with van der Waals surface area (Å²) in [7, 11) is -3.01. The van der Waals surface area contributed by atoms with Crippen LogP contribution in [0, 0.1) is 5.92 Å². The standard InChI is InChI=1S/C9H16ClNO2S/c10-5-6-11(9-3-4-9)14(12,13)7-8-1-2-8/h8-9H,1-7H2. The third-order valence-corrected chi connectivity index (χ3v) is 5.02. The van der Waals surface area contributed by atoms with Crippen molar-refractivity contribution >= 4 is 21.6 Å². The summed E-state index contributed by atoms with van der Waals surface area (Å²) in [5.74, 6) is 1.18. The Morgan fingerprint density at radius 3 is 2.29 bits per heavy atom. The van der Waals surface area contributed by atoms with Crippen LogP contribution in [0.25, 0.3) is 0 Å². The van der Waals surface area contributed by atoms with Crippen LogP contribution in [0.1, 0.15) is 25.7 Å². The van der Waals surface area contributed by atoms with Crippen molar-refractivity contribution in [3.63, 3.8) is 0 Å². The van der Waals surface area contributed by atoms with Crippen LogP contribution in [-0.2, 0) is 10.0 Å². The van der Waals surface area contributed by atoms with Gasteiger partial charge in [0.05, 0.1) is 5.75 Å². The van der Waals surface area contributed by atoms with Crippen LogP contribution in [0.2, 0.25) is 0 Å². The first kappa shape index (κ1) is 10.7. The van der Waals surface area contributed by atoms with Crippen molar-refractivity contribution in [2.75, 3.05) is 18.2 Å². The van der Waals surface area contributed by atoms with Gasteiger partial charge < -0.3 is 0 Å². The molecule has 2 fully saturated rings. The Bertz CT molecular complexity index is 296. The number of alkyl halides is 1. The number of hydrogen-bond acceptors (Lipinski definition) is 2. The molecule has 3 nitrogen and oxygen atoms in total. The average Bonchev–Trinajstić information content (AvgIpc) is 2.91. The zero-order chi connectivity index (χ0) is 10.2. The average molecular weight is 238 g/mol. The highest BCUT2D eigenvalue weighted by Gasteiger charge is 2.39. The Balaban J connectivity index is 1.99. The van der Waals surface area contributed by atoms with Crippen LogP contribution in [0.15, 0.2) is 0 Å². The molecule has 0 unspecified atom stereocenters. The van der Waals surface area contributed by atoms with E-state index in [9.17, 15) is 8.42 Å². The minimum Gasteiger partial charge on any atom is -0.212 e. The molecule has 2 aliphatic carbocycles. The first-order valence-corrected chi connectivity index (χ1v) is 7.33. The lowest BCUT2D eigenvalue weighted by molar-refractivity contribution is 0.421. The summed E-state index contributed by atoms with van der Waals surface area (Å²) in [5.41, 5.74) is 0. The molecule has 0 amide bonds. The predicted octanol–water partition coefficient (Wildman–Crippen LogP) is 1.43. The third-order valence-electron chi connectivity index (χ3n) is 2.76. The lowest BCUT2D eigenvalue weighted by atomic mass is 10.5. The van der Waals surface area contributed by atoms with E-state index >= 15 is 0 Å². The molecule has 0 aromatic heterocycles. The smallest absolute Gasteiger partial charge is 0.212 e. The maximum Gasteiger partial charge on any atom is 0.214 e. The Morgan fingerprint density at radius 1 is 1.21 bits per heavy atom. The topological polar surface area (TPSA) is 37.4 Å². The number of halogens is 1. The molecular weight excluding hydrogens is 222 g/mol. The van der Waals surface area contributed by atoms with Crippen molar-refractivity contribution in [3.05, 3.63) is 0 Å². The van der Waals surface area contributed by atoms with Crippen LogP contribution in [0.4, 0.5) is 0 Å². The van der Waals surface area contributed by atoms with E-state index in [-0.39, 0.29) is 6.04 Å². The summed E-state index contributed by atoms with van der Waals surface area (Å²) in [5, 5.41) is 0. The molecule has 82 valence electrons. The Morgan fingerprint density at radius 2 is 1.86 bits per heavy atom. The molecule has 14 heavy (non-hydrogen) atoms. The Kier molecular flexibility index (Phi) is 3.05. The molecule has 2 saturated carbocycles. The maximum atomic E-state index is 11.9. The van der Waals surface area contributed by atoms with E-state index < -0.39 is 10.0 Å². The van der Waals surface area contributed by atoms with Gasteiger partial charge in [0.2, 0.25) is 10.0 Å². The molecule has 0 aliphatic heterocycles.